The fourth-order valence-corrected chi connectivity index (χ4v) is 0.864. The second kappa shape index (κ2) is 4.27. The highest BCUT2D eigenvalue weighted by molar-refractivity contribution is 4.79. The van der Waals surface area contributed by atoms with Crippen molar-refractivity contribution < 1.29 is 10.2 Å². The van der Waals surface area contributed by atoms with E-state index in [4.69, 9.17) is 10.2 Å². The van der Waals surface area contributed by atoms with E-state index in [1.54, 1.807) is 0 Å². The molecule has 0 aliphatic rings. The Morgan fingerprint density at radius 1 is 1.27 bits per heavy atom. The molecule has 0 spiro atoms. The summed E-state index contributed by atoms with van der Waals surface area (Å²) < 4.78 is 0. The van der Waals surface area contributed by atoms with E-state index < -0.39 is 5.95 Å². The van der Waals surface area contributed by atoms with E-state index >= 15 is 0 Å². The van der Waals surface area contributed by atoms with Crippen LogP contribution in [-0.2, 0) is 0 Å². The predicted octanol–water partition coefficient (Wildman–Crippen LogP) is 3.16. The van der Waals surface area contributed by atoms with Crippen molar-refractivity contribution in [1.29, 1.82) is 0 Å². The van der Waals surface area contributed by atoms with Crippen molar-refractivity contribution in [2.24, 2.45) is 5.41 Å². The highest BCUT2D eigenvalue weighted by atomic mass is 16.5. The van der Waals surface area contributed by atoms with Gasteiger partial charge in [0.05, 0.1) is 0 Å². The molecule has 0 heterocycles. The molecule has 0 bridgehead atoms. The maximum absolute atomic E-state index is 8.40. The summed E-state index contributed by atoms with van der Waals surface area (Å²) in [4.78, 5) is 0. The van der Waals surface area contributed by atoms with Crippen molar-refractivity contribution in [3.8, 4) is 0 Å². The van der Waals surface area contributed by atoms with Crippen molar-refractivity contribution >= 4 is 0 Å². The quantitative estimate of drug-likeness (QED) is 0.489. The van der Waals surface area contributed by atoms with Crippen LogP contribution in [0.25, 0.3) is 0 Å². The fraction of sp³-hybridized carbons (Fsp3) is 0.778. The number of aliphatic hydroxyl groups excluding tert-OH is 1. The molecule has 0 aliphatic carbocycles. The summed E-state index contributed by atoms with van der Waals surface area (Å²) in [5.41, 5.74) is 0.346. The van der Waals surface area contributed by atoms with Crippen LogP contribution in [0.5, 0.6) is 0 Å². The molecule has 0 radical (unpaired) electrons. The second-order valence-corrected chi connectivity index (χ2v) is 4.02. The SMILES string of the molecule is CC(C)(C)CCCC=C(O)O. The van der Waals surface area contributed by atoms with Crippen LogP contribution < -0.4 is 0 Å². The van der Waals surface area contributed by atoms with Crippen LogP contribution in [0.15, 0.2) is 12.0 Å². The highest BCUT2D eigenvalue weighted by Crippen LogP contribution is 2.21. The molecule has 0 aromatic carbocycles. The highest BCUT2D eigenvalue weighted by Gasteiger charge is 2.08. The predicted molar refractivity (Wildman–Crippen MR) is 46.6 cm³/mol. The Morgan fingerprint density at radius 2 is 1.82 bits per heavy atom. The minimum absolute atomic E-state index is 0.346. The smallest absolute Gasteiger partial charge is 0.269 e. The van der Waals surface area contributed by atoms with Gasteiger partial charge in [-0.05, 0) is 30.8 Å². The Hall–Kier alpha value is -0.660. The van der Waals surface area contributed by atoms with E-state index in [0.717, 1.165) is 19.3 Å². The lowest BCUT2D eigenvalue weighted by molar-refractivity contribution is 0.188. The summed E-state index contributed by atoms with van der Waals surface area (Å²) in [6.07, 6.45) is 4.30. The van der Waals surface area contributed by atoms with Gasteiger partial charge in [0.25, 0.3) is 5.95 Å². The topological polar surface area (TPSA) is 40.5 Å². The minimum atomic E-state index is -0.557. The van der Waals surface area contributed by atoms with Crippen molar-refractivity contribution in [3.63, 3.8) is 0 Å². The van der Waals surface area contributed by atoms with E-state index in [1.807, 2.05) is 0 Å². The van der Waals surface area contributed by atoms with Crippen molar-refractivity contribution in [3.05, 3.63) is 12.0 Å². The molecule has 11 heavy (non-hydrogen) atoms. The number of unbranched alkanes of at least 4 members (excludes halogenated alkanes) is 1. The Morgan fingerprint density at radius 3 is 2.18 bits per heavy atom. The summed E-state index contributed by atoms with van der Waals surface area (Å²) in [6, 6.07) is 0. The van der Waals surface area contributed by atoms with E-state index in [2.05, 4.69) is 20.8 Å². The molecule has 0 fully saturated rings. The van der Waals surface area contributed by atoms with Gasteiger partial charge in [-0.2, -0.15) is 0 Å². The van der Waals surface area contributed by atoms with Gasteiger partial charge in [0.15, 0.2) is 0 Å². The molecule has 2 heteroatoms. The maximum Gasteiger partial charge on any atom is 0.269 e. The lowest BCUT2D eigenvalue weighted by Crippen LogP contribution is -2.03. The van der Waals surface area contributed by atoms with Crippen LogP contribution in [-0.4, -0.2) is 10.2 Å². The third kappa shape index (κ3) is 9.34. The van der Waals surface area contributed by atoms with E-state index in [9.17, 15) is 0 Å². The van der Waals surface area contributed by atoms with Crippen molar-refractivity contribution in [2.45, 2.75) is 40.0 Å². The third-order valence-electron chi connectivity index (χ3n) is 1.46. The zero-order valence-corrected chi connectivity index (χ0v) is 7.59. The lowest BCUT2D eigenvalue weighted by atomic mass is 9.90. The summed E-state index contributed by atoms with van der Waals surface area (Å²) in [5, 5.41) is 16.8. The molecule has 0 saturated carbocycles. The van der Waals surface area contributed by atoms with E-state index in [0.29, 0.717) is 5.41 Å². The Labute approximate surface area is 68.6 Å². The number of aliphatic hydroxyl groups is 2. The van der Waals surface area contributed by atoms with Gasteiger partial charge >= 0.3 is 0 Å². The summed E-state index contributed by atoms with van der Waals surface area (Å²) >= 11 is 0. The molecular weight excluding hydrogens is 140 g/mol. The molecular formula is C9H18O2. The van der Waals surface area contributed by atoms with Crippen LogP contribution in [0.3, 0.4) is 0 Å². The molecule has 0 atom stereocenters. The van der Waals surface area contributed by atoms with Crippen LogP contribution in [0, 0.1) is 5.41 Å². The molecule has 0 amide bonds. The van der Waals surface area contributed by atoms with Gasteiger partial charge in [-0.3, -0.25) is 0 Å². The maximum atomic E-state index is 8.40. The lowest BCUT2D eigenvalue weighted by Gasteiger charge is -2.16. The zero-order chi connectivity index (χ0) is 8.91. The number of hydrogen-bond donors (Lipinski definition) is 2. The minimum Gasteiger partial charge on any atom is -0.481 e. The standard InChI is InChI=1S/C9H18O2/c1-9(2,3)7-5-4-6-8(10)11/h6,10-11H,4-5,7H2,1-3H3. The van der Waals surface area contributed by atoms with Gasteiger partial charge in [0.1, 0.15) is 0 Å². The molecule has 0 aliphatic heterocycles. The first-order chi connectivity index (χ1) is 4.92. The monoisotopic (exact) mass is 158 g/mol. The van der Waals surface area contributed by atoms with Crippen molar-refractivity contribution in [1.82, 2.24) is 0 Å². The van der Waals surface area contributed by atoms with Crippen LogP contribution in [0.4, 0.5) is 0 Å². The Kier molecular flexibility index (Phi) is 4.01. The van der Waals surface area contributed by atoms with E-state index in [-0.39, 0.29) is 0 Å². The second-order valence-electron chi connectivity index (χ2n) is 4.02. The van der Waals surface area contributed by atoms with Gasteiger partial charge in [0.2, 0.25) is 0 Å². The van der Waals surface area contributed by atoms with Gasteiger partial charge in [-0.15, -0.1) is 0 Å². The summed E-state index contributed by atoms with van der Waals surface area (Å²) in [6.45, 7) is 6.53. The first-order valence-corrected chi connectivity index (χ1v) is 4.00. The van der Waals surface area contributed by atoms with Crippen LogP contribution >= 0.6 is 0 Å². The van der Waals surface area contributed by atoms with Gasteiger partial charge in [0, 0.05) is 0 Å². The average molecular weight is 158 g/mol. The van der Waals surface area contributed by atoms with Gasteiger partial charge in [-0.1, -0.05) is 20.8 Å². The molecule has 2 N–H and O–H groups in total. The summed E-state index contributed by atoms with van der Waals surface area (Å²) in [7, 11) is 0. The zero-order valence-electron chi connectivity index (χ0n) is 7.59. The molecule has 0 aromatic rings. The fourth-order valence-electron chi connectivity index (χ4n) is 0.864. The first-order valence-electron chi connectivity index (χ1n) is 4.00. The Balaban J connectivity index is 3.36. The average Bonchev–Trinajstić information content (AvgIpc) is 1.78. The molecule has 0 rings (SSSR count). The number of rotatable bonds is 3. The molecule has 0 saturated heterocycles. The molecule has 2 nitrogen and oxygen atoms in total. The number of allylic oxidation sites excluding steroid dienone is 1. The normalized spacial score (nSPS) is 11.2. The Bertz CT molecular complexity index is 127. The van der Waals surface area contributed by atoms with Crippen LogP contribution in [0.2, 0.25) is 0 Å². The molecule has 66 valence electrons. The third-order valence-corrected chi connectivity index (χ3v) is 1.46. The first kappa shape index (κ1) is 10.3. The number of hydrogen-bond acceptors (Lipinski definition) is 2. The largest absolute Gasteiger partial charge is 0.481 e. The van der Waals surface area contributed by atoms with Crippen LogP contribution in [0.1, 0.15) is 40.0 Å². The van der Waals surface area contributed by atoms with E-state index in [1.165, 1.54) is 6.08 Å². The molecule has 0 unspecified atom stereocenters. The van der Waals surface area contributed by atoms with Gasteiger partial charge < -0.3 is 10.2 Å². The van der Waals surface area contributed by atoms with Crippen molar-refractivity contribution in [2.75, 3.05) is 0 Å². The van der Waals surface area contributed by atoms with Gasteiger partial charge in [-0.25, -0.2) is 0 Å². The summed E-state index contributed by atoms with van der Waals surface area (Å²) in [5.74, 6) is -0.557. The molecule has 0 aromatic heterocycles.